The third kappa shape index (κ3) is 7.59. The van der Waals surface area contributed by atoms with Gasteiger partial charge in [-0.05, 0) is 183 Å². The first-order chi connectivity index (χ1) is 42.3. The number of benzene rings is 11. The Bertz CT molecular complexity index is 4440. The van der Waals surface area contributed by atoms with Crippen molar-refractivity contribution in [3.05, 3.63) is 254 Å². The van der Waals surface area contributed by atoms with Gasteiger partial charge in [0.25, 0.3) is 13.4 Å². The third-order valence-electron chi connectivity index (χ3n) is 20.4. The smallest absolute Gasteiger partial charge is 0.256 e. The summed E-state index contributed by atoms with van der Waals surface area (Å²) in [4.78, 5) is 10.7. The molecule has 0 unspecified atom stereocenters. The van der Waals surface area contributed by atoms with Gasteiger partial charge in [0.05, 0.1) is 5.69 Å². The molecule has 0 spiro atoms. The zero-order chi connectivity index (χ0) is 56.9. The minimum atomic E-state index is -0.154. The molecule has 2 saturated heterocycles. The number of nitrogens with zero attached hydrogens (tertiary/aromatic N) is 4. The first kappa shape index (κ1) is 49.9. The number of fused-ring (bicyclic) bond motifs is 8. The molecule has 0 aromatic heterocycles. The number of rotatable bonds is 7. The lowest BCUT2D eigenvalue weighted by Gasteiger charge is -2.58. The first-order valence-electron chi connectivity index (χ1n) is 31.3. The van der Waals surface area contributed by atoms with Crippen molar-refractivity contribution in [2.24, 2.45) is 11.8 Å². The molecular weight excluding hydrogens is 1040 g/mol. The minimum absolute atomic E-state index is 0.106. The lowest BCUT2D eigenvalue weighted by Crippen LogP contribution is -2.64. The van der Waals surface area contributed by atoms with E-state index in [-0.39, 0.29) is 18.8 Å². The number of ether oxygens (including phenoxy) is 1. The average molecular weight is 1110 g/mol. The zero-order valence-corrected chi connectivity index (χ0v) is 48.9. The van der Waals surface area contributed by atoms with Gasteiger partial charge in [-0.1, -0.05) is 191 Å². The Hall–Kier alpha value is -9.45. The molecule has 0 amide bonds. The van der Waals surface area contributed by atoms with Crippen molar-refractivity contribution < 1.29 is 4.74 Å². The maximum atomic E-state index is 7.77. The standard InChI is InChI=1S/C79H64B2N4O/c1-79(2,3)56-44-71-77-75(45-56)86-74-49-70-66(48-67(74)81(77)65-34-20-22-36-69(65)83(71)57-29-15-7-16-30-57)80-64-33-19-21-35-68(64)84(58-31-17-8-18-32-58)72-46-61(82-59-38-50-37-51(40-59)41-60(82)39-50)47-73(76(72)80)85(70)78-62(53-25-11-5-12-26-53)42-55(52-23-9-4-10-24-52)43-63(78)54-27-13-6-14-28-54/h4-36,42-51,59-60H,37-41H2,1-3H3. The predicted octanol–water partition coefficient (Wildman–Crippen LogP) is 16.2. The highest BCUT2D eigenvalue weighted by Crippen LogP contribution is 2.56. The number of hydrogen-bond donors (Lipinski definition) is 0. The second-order valence-electron chi connectivity index (χ2n) is 26.4. The Morgan fingerprint density at radius 3 is 1.35 bits per heavy atom. The molecule has 5 nitrogen and oxygen atoms in total. The highest BCUT2D eigenvalue weighted by molar-refractivity contribution is 7.02. The van der Waals surface area contributed by atoms with E-state index < -0.39 is 0 Å². The van der Waals surface area contributed by atoms with Crippen LogP contribution in [0.15, 0.2) is 249 Å². The fraction of sp³-hybridized carbons (Fsp3) is 0.165. The van der Waals surface area contributed by atoms with Gasteiger partial charge in [-0.3, -0.25) is 0 Å². The van der Waals surface area contributed by atoms with Crippen LogP contribution in [0.3, 0.4) is 0 Å². The van der Waals surface area contributed by atoms with Crippen molar-refractivity contribution in [3.63, 3.8) is 0 Å². The van der Waals surface area contributed by atoms with Gasteiger partial charge in [-0.15, -0.1) is 0 Å². The minimum Gasteiger partial charge on any atom is -0.458 e. The molecule has 6 heterocycles. The van der Waals surface area contributed by atoms with Crippen molar-refractivity contribution in [1.29, 1.82) is 0 Å². The van der Waals surface area contributed by atoms with E-state index in [4.69, 9.17) is 4.74 Å². The van der Waals surface area contributed by atoms with E-state index >= 15 is 0 Å². The lowest BCUT2D eigenvalue weighted by molar-refractivity contribution is 0.0900. The van der Waals surface area contributed by atoms with Crippen LogP contribution >= 0.6 is 0 Å². The van der Waals surface area contributed by atoms with E-state index in [9.17, 15) is 0 Å². The molecule has 19 rings (SSSR count). The van der Waals surface area contributed by atoms with Crippen molar-refractivity contribution in [2.75, 3.05) is 19.6 Å². The number of anilines is 10. The Labute approximate surface area is 506 Å². The van der Waals surface area contributed by atoms with E-state index in [2.05, 4.69) is 289 Å². The van der Waals surface area contributed by atoms with E-state index in [0.29, 0.717) is 12.1 Å². The van der Waals surface area contributed by atoms with Crippen molar-refractivity contribution >= 4 is 103 Å². The van der Waals surface area contributed by atoms with Gasteiger partial charge in [0.2, 0.25) is 0 Å². The number of piperidine rings is 2. The molecular formula is C79H64B2N4O. The van der Waals surface area contributed by atoms with Gasteiger partial charge in [0.15, 0.2) is 0 Å². The second kappa shape index (κ2) is 19.0. The van der Waals surface area contributed by atoms with E-state index in [1.165, 1.54) is 138 Å². The summed E-state index contributed by atoms with van der Waals surface area (Å²) >= 11 is 0. The summed E-state index contributed by atoms with van der Waals surface area (Å²) in [5.74, 6) is 3.46. The Morgan fingerprint density at radius 1 is 0.349 bits per heavy atom. The summed E-state index contributed by atoms with van der Waals surface area (Å²) in [7, 11) is 0. The Kier molecular flexibility index (Phi) is 11.0. The first-order valence-corrected chi connectivity index (χ1v) is 31.3. The molecule has 0 atom stereocenters. The predicted molar refractivity (Wildman–Crippen MR) is 361 cm³/mol. The fourth-order valence-corrected chi connectivity index (χ4v) is 17.0. The molecule has 4 fully saturated rings. The molecule has 2 saturated carbocycles. The van der Waals surface area contributed by atoms with Crippen LogP contribution < -0.4 is 57.1 Å². The molecule has 11 aromatic carbocycles. The van der Waals surface area contributed by atoms with Gasteiger partial charge in [0, 0.05) is 80.5 Å². The van der Waals surface area contributed by atoms with Gasteiger partial charge < -0.3 is 24.3 Å². The molecule has 4 bridgehead atoms. The maximum absolute atomic E-state index is 7.77. The van der Waals surface area contributed by atoms with Gasteiger partial charge >= 0.3 is 0 Å². The van der Waals surface area contributed by atoms with Crippen LogP contribution in [0.4, 0.5) is 56.9 Å². The van der Waals surface area contributed by atoms with Gasteiger partial charge in [-0.2, -0.15) is 0 Å². The summed E-state index contributed by atoms with van der Waals surface area (Å²) in [5, 5.41) is 0. The number of para-hydroxylation sites is 4. The number of hydrogen-bond acceptors (Lipinski definition) is 5. The average Bonchev–Trinajstić information content (AvgIpc) is 0.920. The lowest BCUT2D eigenvalue weighted by atomic mass is 9.30. The van der Waals surface area contributed by atoms with Crippen LogP contribution in [-0.4, -0.2) is 25.5 Å². The molecule has 0 N–H and O–H groups in total. The van der Waals surface area contributed by atoms with Gasteiger partial charge in [0.1, 0.15) is 11.5 Å². The van der Waals surface area contributed by atoms with Gasteiger partial charge in [-0.25, -0.2) is 0 Å². The van der Waals surface area contributed by atoms with Crippen LogP contribution in [0, 0.1) is 11.8 Å². The fourth-order valence-electron chi connectivity index (χ4n) is 17.0. The molecule has 2 aliphatic carbocycles. The van der Waals surface area contributed by atoms with Crippen LogP contribution in [-0.2, 0) is 5.41 Å². The Balaban J connectivity index is 0.979. The molecule has 8 aliphatic rings. The summed E-state index contributed by atoms with van der Waals surface area (Å²) in [6.45, 7) is 6.75. The molecule has 0 radical (unpaired) electrons. The summed E-state index contributed by atoms with van der Waals surface area (Å²) < 4.78 is 7.77. The Morgan fingerprint density at radius 2 is 0.814 bits per heavy atom. The largest absolute Gasteiger partial charge is 0.458 e. The van der Waals surface area contributed by atoms with Crippen LogP contribution in [0.2, 0.25) is 0 Å². The third-order valence-corrected chi connectivity index (χ3v) is 20.4. The quantitative estimate of drug-likeness (QED) is 0.148. The van der Waals surface area contributed by atoms with Crippen molar-refractivity contribution in [2.45, 2.75) is 70.4 Å². The molecule has 11 aromatic rings. The monoisotopic (exact) mass is 1110 g/mol. The van der Waals surface area contributed by atoms with Crippen LogP contribution in [0.1, 0.15) is 58.4 Å². The van der Waals surface area contributed by atoms with Crippen molar-refractivity contribution in [1.82, 2.24) is 0 Å². The summed E-state index contributed by atoms with van der Waals surface area (Å²) in [6.07, 6.45) is 6.49. The topological polar surface area (TPSA) is 22.2 Å². The van der Waals surface area contributed by atoms with E-state index in [1.807, 2.05) is 0 Å². The molecule has 86 heavy (non-hydrogen) atoms. The zero-order valence-electron chi connectivity index (χ0n) is 48.9. The SMILES string of the molecule is CC(C)(C)c1cc2c3c(c1)N(c1ccccc1)c1ccccc1B3c1cc3c(cc1O2)N(c1c(-c2ccccc2)cc(-c2ccccc2)cc1-c1ccccc1)c1cc(N2C4CC5CC(C4)CC2C5)cc2c1B3c1ccccc1N2c1ccccc1. The summed E-state index contributed by atoms with van der Waals surface area (Å²) in [5.41, 5.74) is 27.7. The normalized spacial score (nSPS) is 18.8. The summed E-state index contributed by atoms with van der Waals surface area (Å²) in [6, 6.07) is 95.0. The van der Waals surface area contributed by atoms with E-state index in [1.54, 1.807) is 0 Å². The van der Waals surface area contributed by atoms with Crippen molar-refractivity contribution in [3.8, 4) is 44.9 Å². The highest BCUT2D eigenvalue weighted by Gasteiger charge is 2.51. The highest BCUT2D eigenvalue weighted by atomic mass is 16.5. The van der Waals surface area contributed by atoms with Crippen LogP contribution in [0.5, 0.6) is 11.5 Å². The van der Waals surface area contributed by atoms with Crippen LogP contribution in [0.25, 0.3) is 33.4 Å². The molecule has 412 valence electrons. The molecule has 7 heteroatoms. The van der Waals surface area contributed by atoms with E-state index in [0.717, 1.165) is 46.1 Å². The second-order valence-corrected chi connectivity index (χ2v) is 26.4. The molecule has 6 aliphatic heterocycles. The maximum Gasteiger partial charge on any atom is 0.256 e.